The Hall–Kier alpha value is -3.58. The number of hydrogen-bond donors (Lipinski definition) is 2. The van der Waals surface area contributed by atoms with Crippen molar-refractivity contribution >= 4 is 44.8 Å². The normalized spacial score (nSPS) is 14.2. The Morgan fingerprint density at radius 3 is 2.45 bits per heavy atom. The van der Waals surface area contributed by atoms with Crippen LogP contribution < -0.4 is 10.9 Å². The largest absolute Gasteiger partial charge is 0.432 e. The molecule has 1 saturated heterocycles. The lowest BCUT2D eigenvalue weighted by Crippen LogP contribution is -2.36. The van der Waals surface area contributed by atoms with Gasteiger partial charge in [-0.2, -0.15) is 8.42 Å². The summed E-state index contributed by atoms with van der Waals surface area (Å²) >= 11 is 0. The zero-order chi connectivity index (χ0) is 22.8. The van der Waals surface area contributed by atoms with Crippen LogP contribution in [-0.4, -0.2) is 47.5 Å². The molecular formula is C18H16N2O10S. The molecule has 3 rings (SSSR count). The lowest BCUT2D eigenvalue weighted by atomic mass is 10.0. The van der Waals surface area contributed by atoms with Crippen LogP contribution in [0.4, 0.5) is 4.79 Å². The third kappa shape index (κ3) is 5.73. The molecule has 0 unspecified atom stereocenters. The average molecular weight is 452 g/mol. The van der Waals surface area contributed by atoms with Crippen LogP contribution in [0.1, 0.15) is 24.0 Å². The van der Waals surface area contributed by atoms with Gasteiger partial charge < -0.3 is 14.6 Å². The summed E-state index contributed by atoms with van der Waals surface area (Å²) in [5.41, 5.74) is 0.0386. The maximum Gasteiger partial charge on any atom is 0.432 e. The van der Waals surface area contributed by atoms with Crippen molar-refractivity contribution in [1.29, 1.82) is 0 Å². The van der Waals surface area contributed by atoms with Gasteiger partial charge >= 0.3 is 11.7 Å². The molecule has 2 aromatic rings. The monoisotopic (exact) mass is 452 g/mol. The first-order valence-corrected chi connectivity index (χ1v) is 10.5. The van der Waals surface area contributed by atoms with E-state index in [1.165, 1.54) is 18.2 Å². The van der Waals surface area contributed by atoms with Gasteiger partial charge in [0.1, 0.15) is 11.3 Å². The van der Waals surface area contributed by atoms with Crippen molar-refractivity contribution in [3.63, 3.8) is 0 Å². The number of hydrogen-bond acceptors (Lipinski definition) is 9. The van der Waals surface area contributed by atoms with Crippen LogP contribution in [0.5, 0.6) is 0 Å². The first-order valence-electron chi connectivity index (χ1n) is 8.86. The number of rotatable bonds is 7. The summed E-state index contributed by atoms with van der Waals surface area (Å²) in [6, 6.07) is 5.46. The first kappa shape index (κ1) is 22.1. The number of fused-ring (bicyclic) bond motifs is 1. The molecule has 0 atom stereocenters. The van der Waals surface area contributed by atoms with Crippen LogP contribution in [0.25, 0.3) is 11.0 Å². The number of hydroxylamine groups is 2. The van der Waals surface area contributed by atoms with Gasteiger partial charge in [-0.05, 0) is 23.3 Å². The molecule has 2 heterocycles. The summed E-state index contributed by atoms with van der Waals surface area (Å²) in [6.45, 7) is -0.0947. The molecular weight excluding hydrogens is 436 g/mol. The maximum absolute atomic E-state index is 11.9. The third-order valence-corrected chi connectivity index (χ3v) is 4.93. The molecule has 0 spiro atoms. The van der Waals surface area contributed by atoms with Gasteiger partial charge in [-0.15, -0.1) is 5.06 Å². The Labute approximate surface area is 174 Å². The number of Topliss-reactive ketones (excluding diaryl/α,β-unsaturated/α-hetero) is 1. The van der Waals surface area contributed by atoms with Crippen LogP contribution in [0.2, 0.25) is 0 Å². The quantitative estimate of drug-likeness (QED) is 0.332. The summed E-state index contributed by atoms with van der Waals surface area (Å²) in [4.78, 5) is 63.1. The topological polar surface area (TPSA) is 177 Å². The Morgan fingerprint density at radius 1 is 1.13 bits per heavy atom. The van der Waals surface area contributed by atoms with Crippen molar-refractivity contribution < 1.29 is 41.4 Å². The molecule has 1 aromatic heterocycles. The summed E-state index contributed by atoms with van der Waals surface area (Å²) in [5, 5.41) is 3.07. The number of amides is 3. The van der Waals surface area contributed by atoms with Crippen molar-refractivity contribution in [3.05, 3.63) is 45.8 Å². The molecule has 0 saturated carbocycles. The smallest absolute Gasteiger partial charge is 0.423 e. The average Bonchev–Trinajstić information content (AvgIpc) is 2.97. The highest BCUT2D eigenvalue weighted by molar-refractivity contribution is 7.86. The lowest BCUT2D eigenvalue weighted by molar-refractivity contribution is -0.171. The Balaban J connectivity index is 1.75. The lowest BCUT2D eigenvalue weighted by Gasteiger charge is -2.13. The molecule has 1 aliphatic rings. The van der Waals surface area contributed by atoms with E-state index in [0.717, 1.165) is 6.07 Å². The van der Waals surface area contributed by atoms with Gasteiger partial charge in [0.2, 0.25) is 0 Å². The molecule has 0 radical (unpaired) electrons. The predicted octanol–water partition coefficient (Wildman–Crippen LogP) is 0.0826. The second-order valence-corrected chi connectivity index (χ2v) is 8.13. The molecule has 164 valence electrons. The molecule has 2 N–H and O–H groups in total. The number of carbonyl (C=O) groups excluding carboxylic acids is 4. The van der Waals surface area contributed by atoms with Crippen molar-refractivity contribution in [1.82, 2.24) is 10.4 Å². The van der Waals surface area contributed by atoms with Gasteiger partial charge in [-0.3, -0.25) is 18.9 Å². The van der Waals surface area contributed by atoms with Crippen molar-refractivity contribution in [2.75, 3.05) is 5.75 Å². The van der Waals surface area contributed by atoms with Gasteiger partial charge in [-0.1, -0.05) is 6.07 Å². The Kier molecular flexibility index (Phi) is 6.17. The molecule has 1 aliphatic heterocycles. The van der Waals surface area contributed by atoms with E-state index in [4.69, 9.17) is 8.97 Å². The van der Waals surface area contributed by atoms with Gasteiger partial charge in [0, 0.05) is 37.3 Å². The molecule has 0 aliphatic carbocycles. The second kappa shape index (κ2) is 8.65. The first-order chi connectivity index (χ1) is 14.5. The van der Waals surface area contributed by atoms with E-state index in [2.05, 4.69) is 10.2 Å². The molecule has 12 nitrogen and oxygen atoms in total. The van der Waals surface area contributed by atoms with Crippen LogP contribution in [0.15, 0.2) is 33.5 Å². The zero-order valence-electron chi connectivity index (χ0n) is 15.8. The highest BCUT2D eigenvalue weighted by Crippen LogP contribution is 2.20. The van der Waals surface area contributed by atoms with Gasteiger partial charge in [0.15, 0.2) is 5.78 Å². The molecule has 3 amide bonds. The van der Waals surface area contributed by atoms with E-state index >= 15 is 0 Å². The van der Waals surface area contributed by atoms with E-state index in [9.17, 15) is 32.4 Å². The number of ketones is 1. The minimum absolute atomic E-state index is 0.0406. The van der Waals surface area contributed by atoms with E-state index in [-0.39, 0.29) is 30.5 Å². The maximum atomic E-state index is 11.9. The molecule has 31 heavy (non-hydrogen) atoms. The van der Waals surface area contributed by atoms with Gasteiger partial charge in [0.05, 0.1) is 0 Å². The summed E-state index contributed by atoms with van der Waals surface area (Å²) in [6.07, 6.45) is -1.56. The second-order valence-electron chi connectivity index (χ2n) is 6.68. The Morgan fingerprint density at radius 2 is 1.81 bits per heavy atom. The number of carbonyl (C=O) groups is 4. The van der Waals surface area contributed by atoms with E-state index in [0.29, 0.717) is 16.0 Å². The van der Waals surface area contributed by atoms with Crippen LogP contribution in [0.3, 0.4) is 0 Å². The summed E-state index contributed by atoms with van der Waals surface area (Å²) < 4.78 is 35.6. The van der Waals surface area contributed by atoms with E-state index in [1.54, 1.807) is 0 Å². The highest BCUT2D eigenvalue weighted by Gasteiger charge is 2.32. The molecule has 0 bridgehead atoms. The van der Waals surface area contributed by atoms with Gasteiger partial charge in [0.25, 0.3) is 21.9 Å². The van der Waals surface area contributed by atoms with Crippen molar-refractivity contribution in [3.8, 4) is 0 Å². The minimum Gasteiger partial charge on any atom is -0.423 e. The van der Waals surface area contributed by atoms with Crippen LogP contribution in [-0.2, 0) is 42.3 Å². The van der Waals surface area contributed by atoms with Crippen molar-refractivity contribution in [2.45, 2.75) is 25.8 Å². The number of nitrogens with zero attached hydrogens (tertiary/aromatic N) is 1. The number of imide groups is 1. The van der Waals surface area contributed by atoms with Gasteiger partial charge in [-0.25, -0.2) is 9.59 Å². The SMILES string of the molecule is O=C(Cc1cc(=O)oc2ccc(CNC(=O)ON3C(=O)CCC3=O)cc12)CS(=O)(=O)O. The zero-order valence-corrected chi connectivity index (χ0v) is 16.6. The Bertz CT molecular complexity index is 1230. The minimum atomic E-state index is -4.52. The highest BCUT2D eigenvalue weighted by atomic mass is 32.2. The van der Waals surface area contributed by atoms with E-state index in [1.807, 2.05) is 0 Å². The molecule has 13 heteroatoms. The van der Waals surface area contributed by atoms with Crippen LogP contribution >= 0.6 is 0 Å². The fourth-order valence-corrected chi connectivity index (χ4v) is 3.45. The number of benzene rings is 1. The summed E-state index contributed by atoms with van der Waals surface area (Å²) in [5.74, 6) is -3.18. The summed E-state index contributed by atoms with van der Waals surface area (Å²) in [7, 11) is -4.52. The fraction of sp³-hybridized carbons (Fsp3) is 0.278. The van der Waals surface area contributed by atoms with E-state index < -0.39 is 51.6 Å². The molecule has 1 fully saturated rings. The number of nitrogens with one attached hydrogen (secondary N) is 1. The third-order valence-electron chi connectivity index (χ3n) is 4.24. The standard InChI is InChI=1S/C18H16N2O10S/c21-12(9-31(26,27)28)6-11-7-17(24)29-14-2-1-10(5-13(11)14)8-19-18(25)30-20-15(22)3-4-16(20)23/h1-2,5,7H,3-4,6,8-9H2,(H,19,25)(H,26,27,28). The predicted molar refractivity (Wildman–Crippen MR) is 102 cm³/mol. The van der Waals surface area contributed by atoms with Crippen LogP contribution in [0, 0.1) is 0 Å². The fourth-order valence-electron chi connectivity index (χ4n) is 2.95. The molecule has 1 aromatic carbocycles. The van der Waals surface area contributed by atoms with Crippen molar-refractivity contribution in [2.24, 2.45) is 0 Å².